The Hall–Kier alpha value is -1.94. The van der Waals surface area contributed by atoms with Crippen LogP contribution in [0.5, 0.6) is 0 Å². The number of nitrogens with one attached hydrogen (secondary N) is 1. The number of aryl methyl sites for hydroxylation is 1. The molecule has 0 bridgehead atoms. The van der Waals surface area contributed by atoms with Gasteiger partial charge in [0.2, 0.25) is 0 Å². The first-order valence-corrected chi connectivity index (χ1v) is 8.73. The van der Waals surface area contributed by atoms with E-state index in [1.165, 1.54) is 11.1 Å². The van der Waals surface area contributed by atoms with E-state index >= 15 is 0 Å². The van der Waals surface area contributed by atoms with Crippen LogP contribution in [0, 0.1) is 0 Å². The van der Waals surface area contributed by atoms with Crippen LogP contribution in [0.15, 0.2) is 47.4 Å². The van der Waals surface area contributed by atoms with Crippen molar-refractivity contribution in [2.75, 3.05) is 12.0 Å². The molecule has 0 saturated heterocycles. The van der Waals surface area contributed by atoms with Gasteiger partial charge in [0.25, 0.3) is 5.91 Å². The van der Waals surface area contributed by atoms with E-state index in [0.29, 0.717) is 5.56 Å². The summed E-state index contributed by atoms with van der Waals surface area (Å²) in [4.78, 5) is 13.6. The summed E-state index contributed by atoms with van der Waals surface area (Å²) in [6, 6.07) is 13.8. The first kappa shape index (κ1) is 15.0. The molecule has 114 valence electrons. The van der Waals surface area contributed by atoms with Crippen LogP contribution in [0.1, 0.15) is 40.4 Å². The normalized spacial score (nSPS) is 16.9. The molecular formula is C18H20N2OS. The number of carbonyl (C=O) groups excluding carboxylic acids is 1. The van der Waals surface area contributed by atoms with E-state index < -0.39 is 0 Å². The number of thioether (sulfide) groups is 1. The molecule has 22 heavy (non-hydrogen) atoms. The maximum atomic E-state index is 12.4. The quantitative estimate of drug-likeness (QED) is 0.669. The van der Waals surface area contributed by atoms with Gasteiger partial charge in [0.05, 0.1) is 6.04 Å². The molecule has 0 saturated carbocycles. The van der Waals surface area contributed by atoms with E-state index in [1.807, 2.05) is 48.7 Å². The van der Waals surface area contributed by atoms with Crippen molar-refractivity contribution in [1.82, 2.24) is 5.32 Å². The third-order valence-corrected chi connectivity index (χ3v) is 4.88. The lowest BCUT2D eigenvalue weighted by molar-refractivity contribution is 0.0932. The minimum atomic E-state index is -0.0117. The Balaban J connectivity index is 1.77. The Kier molecular flexibility index (Phi) is 4.39. The monoisotopic (exact) mass is 312 g/mol. The first-order chi connectivity index (χ1) is 10.7. The van der Waals surface area contributed by atoms with Gasteiger partial charge in [0.15, 0.2) is 0 Å². The van der Waals surface area contributed by atoms with Gasteiger partial charge in [-0.05, 0) is 73.0 Å². The zero-order valence-corrected chi connectivity index (χ0v) is 13.5. The number of benzene rings is 2. The Morgan fingerprint density at radius 2 is 2.00 bits per heavy atom. The highest BCUT2D eigenvalue weighted by molar-refractivity contribution is 7.98. The van der Waals surface area contributed by atoms with Gasteiger partial charge in [-0.25, -0.2) is 0 Å². The van der Waals surface area contributed by atoms with Gasteiger partial charge >= 0.3 is 0 Å². The average molecular weight is 312 g/mol. The van der Waals surface area contributed by atoms with E-state index in [0.717, 1.165) is 29.8 Å². The maximum Gasteiger partial charge on any atom is 0.251 e. The third-order valence-electron chi connectivity index (χ3n) is 4.14. The highest BCUT2D eigenvalue weighted by Gasteiger charge is 2.22. The molecule has 1 atom stereocenters. The van der Waals surface area contributed by atoms with Crippen LogP contribution in [0.4, 0.5) is 5.69 Å². The molecule has 1 unspecified atom stereocenters. The summed E-state index contributed by atoms with van der Waals surface area (Å²) in [7, 11) is 0. The van der Waals surface area contributed by atoms with E-state index in [2.05, 4.69) is 5.32 Å². The Bertz CT molecular complexity index is 682. The minimum Gasteiger partial charge on any atom is -0.399 e. The highest BCUT2D eigenvalue weighted by atomic mass is 32.2. The predicted octanol–water partition coefficient (Wildman–Crippen LogP) is 3.80. The second-order valence-electron chi connectivity index (χ2n) is 5.61. The SMILES string of the molecule is CSc1ccc(C(=O)NC2CCCc3cc(N)ccc32)cc1. The highest BCUT2D eigenvalue weighted by Crippen LogP contribution is 2.31. The van der Waals surface area contributed by atoms with Crippen molar-refractivity contribution in [1.29, 1.82) is 0 Å². The van der Waals surface area contributed by atoms with Gasteiger partial charge in [-0.15, -0.1) is 11.8 Å². The third kappa shape index (κ3) is 3.12. The van der Waals surface area contributed by atoms with Crippen LogP contribution in [-0.2, 0) is 6.42 Å². The van der Waals surface area contributed by atoms with Gasteiger partial charge < -0.3 is 11.1 Å². The number of fused-ring (bicyclic) bond motifs is 1. The molecular weight excluding hydrogens is 292 g/mol. The number of rotatable bonds is 3. The molecule has 0 fully saturated rings. The van der Waals surface area contributed by atoms with Crippen molar-refractivity contribution in [3.05, 3.63) is 59.2 Å². The van der Waals surface area contributed by atoms with Gasteiger partial charge in [0.1, 0.15) is 0 Å². The number of amides is 1. The second-order valence-corrected chi connectivity index (χ2v) is 6.48. The van der Waals surface area contributed by atoms with E-state index in [1.54, 1.807) is 11.8 Å². The second kappa shape index (κ2) is 6.44. The van der Waals surface area contributed by atoms with E-state index in [-0.39, 0.29) is 11.9 Å². The molecule has 2 aromatic carbocycles. The van der Waals surface area contributed by atoms with Crippen LogP contribution in [0.3, 0.4) is 0 Å². The molecule has 0 heterocycles. The molecule has 3 N–H and O–H groups in total. The zero-order valence-electron chi connectivity index (χ0n) is 12.6. The number of hydrogen-bond donors (Lipinski definition) is 2. The maximum absolute atomic E-state index is 12.4. The van der Waals surface area contributed by atoms with Crippen LogP contribution < -0.4 is 11.1 Å². The van der Waals surface area contributed by atoms with Gasteiger partial charge in [0, 0.05) is 16.1 Å². The van der Waals surface area contributed by atoms with Gasteiger partial charge in [-0.2, -0.15) is 0 Å². The fourth-order valence-electron chi connectivity index (χ4n) is 2.97. The molecule has 0 radical (unpaired) electrons. The fourth-order valence-corrected chi connectivity index (χ4v) is 3.38. The average Bonchev–Trinajstić information content (AvgIpc) is 2.55. The summed E-state index contributed by atoms with van der Waals surface area (Å²) in [5, 5.41) is 3.16. The van der Waals surface area contributed by atoms with Crippen molar-refractivity contribution in [3.63, 3.8) is 0 Å². The Labute approximate surface area is 135 Å². The van der Waals surface area contributed by atoms with Crippen molar-refractivity contribution in [2.45, 2.75) is 30.2 Å². The first-order valence-electron chi connectivity index (χ1n) is 7.50. The topological polar surface area (TPSA) is 55.1 Å². The van der Waals surface area contributed by atoms with Crippen molar-refractivity contribution >= 4 is 23.4 Å². The lowest BCUT2D eigenvalue weighted by Crippen LogP contribution is -2.31. The molecule has 1 amide bonds. The number of nitrogen functional groups attached to an aromatic ring is 1. The van der Waals surface area contributed by atoms with Crippen molar-refractivity contribution in [3.8, 4) is 0 Å². The molecule has 3 rings (SSSR count). The molecule has 4 heteroatoms. The molecule has 2 aromatic rings. The van der Waals surface area contributed by atoms with Crippen LogP contribution in [-0.4, -0.2) is 12.2 Å². The Morgan fingerprint density at radius 1 is 1.23 bits per heavy atom. The summed E-state index contributed by atoms with van der Waals surface area (Å²) in [5.74, 6) is -0.0117. The van der Waals surface area contributed by atoms with Crippen molar-refractivity contribution < 1.29 is 4.79 Å². The van der Waals surface area contributed by atoms with E-state index in [4.69, 9.17) is 5.73 Å². The van der Waals surface area contributed by atoms with E-state index in [9.17, 15) is 4.79 Å². The zero-order chi connectivity index (χ0) is 15.5. The van der Waals surface area contributed by atoms with Crippen LogP contribution >= 0.6 is 11.8 Å². The lowest BCUT2D eigenvalue weighted by atomic mass is 9.87. The summed E-state index contributed by atoms with van der Waals surface area (Å²) >= 11 is 1.67. The predicted molar refractivity (Wildman–Crippen MR) is 92.2 cm³/mol. The smallest absolute Gasteiger partial charge is 0.251 e. The minimum absolute atomic E-state index is 0.0117. The van der Waals surface area contributed by atoms with Gasteiger partial charge in [-0.1, -0.05) is 6.07 Å². The van der Waals surface area contributed by atoms with Gasteiger partial charge in [-0.3, -0.25) is 4.79 Å². The molecule has 1 aliphatic rings. The summed E-state index contributed by atoms with van der Waals surface area (Å²) < 4.78 is 0. The number of hydrogen-bond acceptors (Lipinski definition) is 3. The number of nitrogens with two attached hydrogens (primary N) is 1. The molecule has 0 aliphatic heterocycles. The standard InChI is InChI=1S/C18H20N2OS/c1-22-15-8-5-12(6-9-15)18(21)20-17-4-2-3-13-11-14(19)7-10-16(13)17/h5-11,17H,2-4,19H2,1H3,(H,20,21). The molecule has 3 nitrogen and oxygen atoms in total. The molecule has 0 aromatic heterocycles. The van der Waals surface area contributed by atoms with Crippen LogP contribution in [0.25, 0.3) is 0 Å². The van der Waals surface area contributed by atoms with Crippen LogP contribution in [0.2, 0.25) is 0 Å². The summed E-state index contributed by atoms with van der Waals surface area (Å²) in [6.07, 6.45) is 5.12. The summed E-state index contributed by atoms with van der Waals surface area (Å²) in [6.45, 7) is 0. The van der Waals surface area contributed by atoms with Crippen molar-refractivity contribution in [2.24, 2.45) is 0 Å². The molecule has 0 spiro atoms. The Morgan fingerprint density at radius 3 is 2.73 bits per heavy atom. The molecule has 1 aliphatic carbocycles. The largest absolute Gasteiger partial charge is 0.399 e. The number of anilines is 1. The lowest BCUT2D eigenvalue weighted by Gasteiger charge is -2.26. The fraction of sp³-hybridized carbons (Fsp3) is 0.278. The number of carbonyl (C=O) groups is 1. The summed E-state index contributed by atoms with van der Waals surface area (Å²) in [5.41, 5.74) is 9.82.